The molecule has 1 fully saturated rings. The highest BCUT2D eigenvalue weighted by Crippen LogP contribution is 2.05. The van der Waals surface area contributed by atoms with Gasteiger partial charge in [-0.25, -0.2) is 0 Å². The molecule has 15 heavy (non-hydrogen) atoms. The fraction of sp³-hybridized carbons (Fsp3) is 0.583. The Labute approximate surface area is 91.7 Å². The molecule has 0 N–H and O–H groups in total. The van der Waals surface area contributed by atoms with Crippen molar-refractivity contribution < 1.29 is 0 Å². The van der Waals surface area contributed by atoms with E-state index in [0.717, 1.165) is 13.1 Å². The molecule has 2 rings (SSSR count). The van der Waals surface area contributed by atoms with Crippen LogP contribution in [-0.4, -0.2) is 48.0 Å². The van der Waals surface area contributed by atoms with Gasteiger partial charge in [-0.1, -0.05) is 6.07 Å². The summed E-state index contributed by atoms with van der Waals surface area (Å²) < 4.78 is 0. The number of rotatable bonds is 2. The Bertz CT molecular complexity index is 286. The van der Waals surface area contributed by atoms with Gasteiger partial charge >= 0.3 is 0 Å². The first-order valence-corrected chi connectivity index (χ1v) is 5.65. The zero-order valence-electron chi connectivity index (χ0n) is 9.39. The summed E-state index contributed by atoms with van der Waals surface area (Å²) in [5.41, 5.74) is 1.18. The first-order chi connectivity index (χ1) is 7.34. The maximum atomic E-state index is 4.37. The highest BCUT2D eigenvalue weighted by molar-refractivity contribution is 5.03. The van der Waals surface area contributed by atoms with Crippen molar-refractivity contribution in [1.82, 2.24) is 14.8 Å². The third-order valence-electron chi connectivity index (χ3n) is 2.92. The van der Waals surface area contributed by atoms with Gasteiger partial charge in [0.1, 0.15) is 0 Å². The van der Waals surface area contributed by atoms with Gasteiger partial charge in [-0.2, -0.15) is 0 Å². The van der Waals surface area contributed by atoms with Crippen molar-refractivity contribution in [3.63, 3.8) is 0 Å². The molecule has 2 heterocycles. The molecule has 1 aliphatic rings. The number of pyridine rings is 1. The lowest BCUT2D eigenvalue weighted by atomic mass is 10.3. The molecule has 0 unspecified atom stereocenters. The molecule has 0 atom stereocenters. The van der Waals surface area contributed by atoms with E-state index in [1.165, 1.54) is 31.7 Å². The van der Waals surface area contributed by atoms with Crippen LogP contribution in [0.25, 0.3) is 0 Å². The predicted octanol–water partition coefficient (Wildman–Crippen LogP) is 1.22. The van der Waals surface area contributed by atoms with E-state index in [9.17, 15) is 0 Å². The van der Waals surface area contributed by atoms with Crippen molar-refractivity contribution in [1.29, 1.82) is 0 Å². The van der Waals surface area contributed by atoms with Gasteiger partial charge < -0.3 is 4.90 Å². The Morgan fingerprint density at radius 1 is 1.20 bits per heavy atom. The minimum atomic E-state index is 0.995. The summed E-state index contributed by atoms with van der Waals surface area (Å²) in [6.45, 7) is 5.74. The van der Waals surface area contributed by atoms with E-state index >= 15 is 0 Å². The normalized spacial score (nSPS) is 20.1. The van der Waals surface area contributed by atoms with Gasteiger partial charge in [-0.15, -0.1) is 0 Å². The minimum absolute atomic E-state index is 0.995. The Kier molecular flexibility index (Phi) is 3.69. The Morgan fingerprint density at radius 3 is 2.93 bits per heavy atom. The number of hydrogen-bond donors (Lipinski definition) is 0. The van der Waals surface area contributed by atoms with Gasteiger partial charge in [-0.3, -0.25) is 9.88 Å². The number of hydrogen-bond acceptors (Lipinski definition) is 3. The maximum absolute atomic E-state index is 4.37. The van der Waals surface area contributed by atoms with Gasteiger partial charge in [0.2, 0.25) is 0 Å². The Morgan fingerprint density at radius 2 is 2.13 bits per heavy atom. The molecule has 1 aliphatic heterocycles. The van der Waals surface area contributed by atoms with Crippen LogP contribution >= 0.6 is 0 Å². The molecule has 0 aliphatic carbocycles. The second kappa shape index (κ2) is 5.24. The molecule has 0 saturated carbocycles. The Hall–Kier alpha value is -0.930. The van der Waals surface area contributed by atoms with E-state index in [2.05, 4.69) is 34.0 Å². The topological polar surface area (TPSA) is 19.4 Å². The quantitative estimate of drug-likeness (QED) is 0.723. The smallest absolute Gasteiger partial charge is 0.0543 e. The zero-order chi connectivity index (χ0) is 10.5. The fourth-order valence-corrected chi connectivity index (χ4v) is 1.98. The summed E-state index contributed by atoms with van der Waals surface area (Å²) in [6.07, 6.45) is 3.14. The van der Waals surface area contributed by atoms with Crippen LogP contribution in [0.5, 0.6) is 0 Å². The van der Waals surface area contributed by atoms with E-state index in [0.29, 0.717) is 0 Å². The largest absolute Gasteiger partial charge is 0.305 e. The monoisotopic (exact) mass is 205 g/mol. The van der Waals surface area contributed by atoms with Gasteiger partial charge in [0, 0.05) is 25.8 Å². The van der Waals surface area contributed by atoms with Crippen LogP contribution in [0.15, 0.2) is 24.4 Å². The Balaban J connectivity index is 1.89. The van der Waals surface area contributed by atoms with Gasteiger partial charge in [-0.05, 0) is 38.7 Å². The fourth-order valence-electron chi connectivity index (χ4n) is 1.98. The highest BCUT2D eigenvalue weighted by Gasteiger charge is 2.12. The van der Waals surface area contributed by atoms with Crippen LogP contribution in [-0.2, 0) is 6.54 Å². The highest BCUT2D eigenvalue weighted by atomic mass is 15.2. The molecule has 1 aromatic rings. The summed E-state index contributed by atoms with van der Waals surface area (Å²) >= 11 is 0. The van der Waals surface area contributed by atoms with Crippen LogP contribution in [0, 0.1) is 0 Å². The van der Waals surface area contributed by atoms with Crippen LogP contribution in [0.2, 0.25) is 0 Å². The first kappa shape index (κ1) is 10.6. The summed E-state index contributed by atoms with van der Waals surface area (Å²) in [5, 5.41) is 0. The summed E-state index contributed by atoms with van der Waals surface area (Å²) in [6, 6.07) is 6.14. The molecule has 0 aromatic carbocycles. The van der Waals surface area contributed by atoms with Gasteiger partial charge in [0.25, 0.3) is 0 Å². The molecule has 0 bridgehead atoms. The van der Waals surface area contributed by atoms with Gasteiger partial charge in [0.15, 0.2) is 0 Å². The third-order valence-corrected chi connectivity index (χ3v) is 2.92. The molecule has 3 heteroatoms. The molecule has 1 aromatic heterocycles. The summed E-state index contributed by atoms with van der Waals surface area (Å²) in [7, 11) is 2.20. The van der Waals surface area contributed by atoms with E-state index in [1.807, 2.05) is 12.3 Å². The van der Waals surface area contributed by atoms with E-state index in [1.54, 1.807) is 0 Å². The van der Waals surface area contributed by atoms with Gasteiger partial charge in [0.05, 0.1) is 5.69 Å². The molecular formula is C12H19N3. The average molecular weight is 205 g/mol. The van der Waals surface area contributed by atoms with Crippen molar-refractivity contribution in [2.75, 3.05) is 33.2 Å². The lowest BCUT2D eigenvalue weighted by Crippen LogP contribution is -2.28. The van der Waals surface area contributed by atoms with E-state index < -0.39 is 0 Å². The molecule has 0 spiro atoms. The van der Waals surface area contributed by atoms with Crippen molar-refractivity contribution >= 4 is 0 Å². The summed E-state index contributed by atoms with van der Waals surface area (Å²) in [5.74, 6) is 0. The first-order valence-electron chi connectivity index (χ1n) is 5.65. The maximum Gasteiger partial charge on any atom is 0.0543 e. The van der Waals surface area contributed by atoms with Crippen molar-refractivity contribution in [2.45, 2.75) is 13.0 Å². The van der Waals surface area contributed by atoms with Crippen molar-refractivity contribution in [3.8, 4) is 0 Å². The average Bonchev–Trinajstić information content (AvgIpc) is 2.46. The predicted molar refractivity (Wildman–Crippen MR) is 61.6 cm³/mol. The molecular weight excluding hydrogens is 186 g/mol. The SMILES string of the molecule is CN1CCCN(Cc2ccccn2)CC1. The molecule has 0 amide bonds. The van der Waals surface area contributed by atoms with E-state index in [4.69, 9.17) is 0 Å². The number of aromatic nitrogens is 1. The third kappa shape index (κ3) is 3.29. The second-order valence-electron chi connectivity index (χ2n) is 4.25. The van der Waals surface area contributed by atoms with Crippen LogP contribution in [0.3, 0.4) is 0 Å². The van der Waals surface area contributed by atoms with Crippen LogP contribution < -0.4 is 0 Å². The molecule has 1 saturated heterocycles. The van der Waals surface area contributed by atoms with E-state index in [-0.39, 0.29) is 0 Å². The lowest BCUT2D eigenvalue weighted by Gasteiger charge is -2.19. The standard InChI is InChI=1S/C12H19N3/c1-14-7-4-8-15(10-9-14)11-12-5-2-3-6-13-12/h2-3,5-6H,4,7-11H2,1H3. The molecule has 82 valence electrons. The summed E-state index contributed by atoms with van der Waals surface area (Å²) in [4.78, 5) is 9.26. The van der Waals surface area contributed by atoms with Crippen molar-refractivity contribution in [3.05, 3.63) is 30.1 Å². The zero-order valence-corrected chi connectivity index (χ0v) is 9.39. The second-order valence-corrected chi connectivity index (χ2v) is 4.25. The minimum Gasteiger partial charge on any atom is -0.305 e. The lowest BCUT2D eigenvalue weighted by molar-refractivity contribution is 0.266. The van der Waals surface area contributed by atoms with Crippen LogP contribution in [0.4, 0.5) is 0 Å². The van der Waals surface area contributed by atoms with Crippen molar-refractivity contribution in [2.24, 2.45) is 0 Å². The van der Waals surface area contributed by atoms with Crippen LogP contribution in [0.1, 0.15) is 12.1 Å². The number of likely N-dealkylation sites (N-methyl/N-ethyl adjacent to an activating group) is 1. The number of nitrogens with zero attached hydrogens (tertiary/aromatic N) is 3. The molecule has 0 radical (unpaired) electrons. The molecule has 3 nitrogen and oxygen atoms in total.